The van der Waals surface area contributed by atoms with Crippen LogP contribution in [0.3, 0.4) is 0 Å². The number of halogens is 1. The molecule has 27 heavy (non-hydrogen) atoms. The number of hydrogen-bond acceptors (Lipinski definition) is 3. The Hall–Kier alpha value is -2.79. The Balaban J connectivity index is 0.00000210. The summed E-state index contributed by atoms with van der Waals surface area (Å²) in [7, 11) is 0. The Morgan fingerprint density at radius 3 is 2.74 bits per heavy atom. The van der Waals surface area contributed by atoms with Crippen LogP contribution in [0.1, 0.15) is 39.3 Å². The summed E-state index contributed by atoms with van der Waals surface area (Å²) < 4.78 is 1.87. The molecule has 0 aliphatic carbocycles. The number of nitrogens with two attached hydrogens (primary N) is 1. The van der Waals surface area contributed by atoms with Crippen molar-refractivity contribution in [1.82, 2.24) is 9.88 Å². The smallest absolute Gasteiger partial charge is 0.251 e. The third-order valence-corrected chi connectivity index (χ3v) is 4.95. The number of carbonyl (C=O) groups excluding carboxylic acids is 2. The van der Waals surface area contributed by atoms with Gasteiger partial charge in [-0.15, -0.1) is 12.4 Å². The fourth-order valence-corrected chi connectivity index (χ4v) is 3.79. The zero-order chi connectivity index (χ0) is 18.1. The van der Waals surface area contributed by atoms with Crippen LogP contribution in [0.25, 0.3) is 10.9 Å². The number of carbonyl (C=O) groups is 2. The summed E-state index contributed by atoms with van der Waals surface area (Å²) in [6.45, 7) is 0.517. The number of nitrogens with one attached hydrogen (secondary N) is 1. The highest BCUT2D eigenvalue weighted by atomic mass is 35.5. The third-order valence-electron chi connectivity index (χ3n) is 4.95. The SMILES string of the molecule is Cl.Nc1cccc(C(=O)NCCc2c3n(c4ccccc24)C(=O)CCC3)c1. The minimum absolute atomic E-state index is 0. The molecule has 1 aliphatic heterocycles. The van der Waals surface area contributed by atoms with Crippen LogP contribution in [0.2, 0.25) is 0 Å². The minimum Gasteiger partial charge on any atom is -0.399 e. The second-order valence-corrected chi connectivity index (χ2v) is 6.66. The number of hydrogen-bond donors (Lipinski definition) is 2. The molecular formula is C21H22ClN3O2. The summed E-state index contributed by atoms with van der Waals surface area (Å²) in [5.74, 6) is 0.0308. The summed E-state index contributed by atoms with van der Waals surface area (Å²) in [4.78, 5) is 24.7. The van der Waals surface area contributed by atoms with Gasteiger partial charge in [0.2, 0.25) is 5.91 Å². The van der Waals surface area contributed by atoms with E-state index in [1.165, 1.54) is 5.56 Å². The molecule has 0 fully saturated rings. The largest absolute Gasteiger partial charge is 0.399 e. The molecule has 3 N–H and O–H groups in total. The van der Waals surface area contributed by atoms with Crippen LogP contribution in [0.4, 0.5) is 5.69 Å². The predicted octanol–water partition coefficient (Wildman–Crippen LogP) is 3.59. The number of para-hydroxylation sites is 1. The number of rotatable bonds is 4. The summed E-state index contributed by atoms with van der Waals surface area (Å²) in [6, 6.07) is 15.0. The number of aromatic nitrogens is 1. The molecule has 2 aromatic carbocycles. The van der Waals surface area contributed by atoms with Crippen molar-refractivity contribution in [3.63, 3.8) is 0 Å². The van der Waals surface area contributed by atoms with E-state index in [1.54, 1.807) is 24.3 Å². The standard InChI is InChI=1S/C21H21N3O2.ClH/c22-15-6-3-5-14(13-15)21(26)23-12-11-17-16-7-1-2-8-18(16)24-19(17)9-4-10-20(24)25;/h1-3,5-8,13H,4,9-12,22H2,(H,23,26);1H. The Bertz CT molecular complexity index is 1010. The lowest BCUT2D eigenvalue weighted by molar-refractivity contribution is 0.0887. The van der Waals surface area contributed by atoms with Gasteiger partial charge in [0.15, 0.2) is 0 Å². The van der Waals surface area contributed by atoms with Gasteiger partial charge < -0.3 is 11.1 Å². The van der Waals surface area contributed by atoms with Crippen LogP contribution < -0.4 is 11.1 Å². The molecule has 3 aromatic rings. The first kappa shape index (κ1) is 19.0. The molecular weight excluding hydrogens is 362 g/mol. The van der Waals surface area contributed by atoms with Gasteiger partial charge in [0.25, 0.3) is 5.91 Å². The van der Waals surface area contributed by atoms with E-state index in [0.29, 0.717) is 30.6 Å². The van der Waals surface area contributed by atoms with Crippen LogP contribution in [-0.2, 0) is 12.8 Å². The monoisotopic (exact) mass is 383 g/mol. The molecule has 0 atom stereocenters. The topological polar surface area (TPSA) is 77.1 Å². The van der Waals surface area contributed by atoms with Crippen molar-refractivity contribution in [3.8, 4) is 0 Å². The Morgan fingerprint density at radius 1 is 1.11 bits per heavy atom. The van der Waals surface area contributed by atoms with Crippen molar-refractivity contribution in [2.75, 3.05) is 12.3 Å². The minimum atomic E-state index is -0.134. The molecule has 1 aromatic heterocycles. The maximum absolute atomic E-state index is 12.4. The summed E-state index contributed by atoms with van der Waals surface area (Å²) in [5.41, 5.74) is 10.1. The lowest BCUT2D eigenvalue weighted by Crippen LogP contribution is -2.26. The second kappa shape index (κ2) is 7.84. The molecule has 0 spiro atoms. The van der Waals surface area contributed by atoms with Crippen molar-refractivity contribution < 1.29 is 9.59 Å². The Kier molecular flexibility index (Phi) is 5.51. The van der Waals surface area contributed by atoms with Crippen molar-refractivity contribution in [3.05, 3.63) is 65.4 Å². The van der Waals surface area contributed by atoms with Crippen LogP contribution in [0, 0.1) is 0 Å². The Labute approximate surface area is 164 Å². The molecule has 140 valence electrons. The fraction of sp³-hybridized carbons (Fsp3) is 0.238. The van der Waals surface area contributed by atoms with Gasteiger partial charge >= 0.3 is 0 Å². The second-order valence-electron chi connectivity index (χ2n) is 6.66. The number of anilines is 1. The normalized spacial score (nSPS) is 13.1. The molecule has 0 saturated carbocycles. The van der Waals surface area contributed by atoms with Crippen LogP contribution in [-0.4, -0.2) is 22.9 Å². The fourth-order valence-electron chi connectivity index (χ4n) is 3.79. The van der Waals surface area contributed by atoms with E-state index >= 15 is 0 Å². The Morgan fingerprint density at radius 2 is 1.93 bits per heavy atom. The molecule has 1 amide bonds. The number of fused-ring (bicyclic) bond motifs is 3. The van der Waals surface area contributed by atoms with Crippen LogP contribution in [0.5, 0.6) is 0 Å². The third kappa shape index (κ3) is 3.55. The maximum atomic E-state index is 12.4. The van der Waals surface area contributed by atoms with E-state index in [1.807, 2.05) is 22.8 Å². The molecule has 1 aliphatic rings. The average molecular weight is 384 g/mol. The molecule has 4 rings (SSSR count). The molecule has 0 bridgehead atoms. The first-order chi connectivity index (χ1) is 12.6. The van der Waals surface area contributed by atoms with Gasteiger partial charge in [-0.3, -0.25) is 14.2 Å². The number of amides is 1. The van der Waals surface area contributed by atoms with Gasteiger partial charge in [-0.1, -0.05) is 24.3 Å². The molecule has 6 heteroatoms. The molecule has 0 radical (unpaired) electrons. The highest BCUT2D eigenvalue weighted by Gasteiger charge is 2.24. The highest BCUT2D eigenvalue weighted by molar-refractivity contribution is 5.97. The molecule has 5 nitrogen and oxygen atoms in total. The summed E-state index contributed by atoms with van der Waals surface area (Å²) in [6.07, 6.45) is 3.08. The quantitative estimate of drug-likeness (QED) is 0.676. The average Bonchev–Trinajstić information content (AvgIpc) is 2.97. The van der Waals surface area contributed by atoms with Crippen LogP contribution in [0.15, 0.2) is 48.5 Å². The zero-order valence-electron chi connectivity index (χ0n) is 14.9. The maximum Gasteiger partial charge on any atom is 0.251 e. The van der Waals surface area contributed by atoms with Crippen molar-refractivity contribution in [1.29, 1.82) is 0 Å². The van der Waals surface area contributed by atoms with E-state index in [-0.39, 0.29) is 24.2 Å². The lowest BCUT2D eigenvalue weighted by Gasteiger charge is -2.16. The number of benzene rings is 2. The van der Waals surface area contributed by atoms with Gasteiger partial charge in [0, 0.05) is 35.3 Å². The number of nitrogens with zero attached hydrogens (tertiary/aromatic N) is 1. The van der Waals surface area contributed by atoms with E-state index in [4.69, 9.17) is 5.73 Å². The summed E-state index contributed by atoms with van der Waals surface area (Å²) in [5, 5.41) is 4.07. The van der Waals surface area contributed by atoms with Gasteiger partial charge in [0.1, 0.15) is 0 Å². The van der Waals surface area contributed by atoms with Gasteiger partial charge in [-0.05, 0) is 49.1 Å². The summed E-state index contributed by atoms with van der Waals surface area (Å²) >= 11 is 0. The van der Waals surface area contributed by atoms with E-state index in [9.17, 15) is 9.59 Å². The zero-order valence-corrected chi connectivity index (χ0v) is 15.7. The van der Waals surface area contributed by atoms with Gasteiger partial charge in [-0.2, -0.15) is 0 Å². The van der Waals surface area contributed by atoms with Gasteiger partial charge in [0.05, 0.1) is 5.52 Å². The molecule has 2 heterocycles. The van der Waals surface area contributed by atoms with Crippen LogP contribution >= 0.6 is 12.4 Å². The predicted molar refractivity (Wildman–Crippen MR) is 110 cm³/mol. The first-order valence-electron chi connectivity index (χ1n) is 8.93. The first-order valence-corrected chi connectivity index (χ1v) is 8.93. The number of nitrogen functional groups attached to an aromatic ring is 1. The molecule has 0 saturated heterocycles. The lowest BCUT2D eigenvalue weighted by atomic mass is 10.0. The van der Waals surface area contributed by atoms with E-state index < -0.39 is 0 Å². The van der Waals surface area contributed by atoms with Crippen molar-refractivity contribution in [2.24, 2.45) is 0 Å². The highest BCUT2D eigenvalue weighted by Crippen LogP contribution is 2.30. The van der Waals surface area contributed by atoms with Crippen molar-refractivity contribution >= 4 is 40.8 Å². The van der Waals surface area contributed by atoms with E-state index in [0.717, 1.165) is 29.4 Å². The van der Waals surface area contributed by atoms with Crippen molar-refractivity contribution in [2.45, 2.75) is 25.7 Å². The molecule has 0 unspecified atom stereocenters. The van der Waals surface area contributed by atoms with E-state index in [2.05, 4.69) is 11.4 Å². The van der Waals surface area contributed by atoms with Gasteiger partial charge in [-0.25, -0.2) is 0 Å².